The summed E-state index contributed by atoms with van der Waals surface area (Å²) in [6, 6.07) is 10.0. The zero-order chi connectivity index (χ0) is 20.5. The lowest BCUT2D eigenvalue weighted by Gasteiger charge is -2.35. The Labute approximate surface area is 170 Å². The van der Waals surface area contributed by atoms with Crippen LogP contribution in [0, 0.1) is 27.7 Å². The molecular weight excluding hydrogens is 368 g/mol. The number of ether oxygens (including phenoxy) is 1. The number of oxazole rings is 1. The number of amides is 1. The molecule has 1 saturated heterocycles. The second kappa shape index (κ2) is 7.83. The summed E-state index contributed by atoms with van der Waals surface area (Å²) in [5.74, 6) is 0.658. The van der Waals surface area contributed by atoms with E-state index >= 15 is 0 Å². The van der Waals surface area contributed by atoms with Crippen LogP contribution in [0.25, 0.3) is 0 Å². The van der Waals surface area contributed by atoms with Gasteiger partial charge in [0.05, 0.1) is 37.2 Å². The predicted octanol–water partition coefficient (Wildman–Crippen LogP) is 3.37. The molecule has 0 bridgehead atoms. The average Bonchev–Trinajstić information content (AvgIpc) is 3.19. The number of morpholine rings is 1. The molecule has 1 unspecified atom stereocenters. The van der Waals surface area contributed by atoms with Crippen LogP contribution in [0.1, 0.15) is 50.7 Å². The number of aromatic nitrogens is 3. The van der Waals surface area contributed by atoms with Gasteiger partial charge in [-0.05, 0) is 26.3 Å². The minimum absolute atomic E-state index is 0.147. The summed E-state index contributed by atoms with van der Waals surface area (Å²) in [4.78, 5) is 19.3. The highest BCUT2D eigenvalue weighted by atomic mass is 16.5. The Hall–Kier alpha value is -2.93. The minimum Gasteiger partial charge on any atom is -0.436 e. The second-order valence-corrected chi connectivity index (χ2v) is 7.46. The van der Waals surface area contributed by atoms with Gasteiger partial charge in [0, 0.05) is 24.7 Å². The van der Waals surface area contributed by atoms with Crippen molar-refractivity contribution in [3.8, 4) is 0 Å². The first-order chi connectivity index (χ1) is 14.0. The Morgan fingerprint density at radius 3 is 2.59 bits per heavy atom. The third-order valence-corrected chi connectivity index (χ3v) is 5.43. The number of nitrogens with zero attached hydrogens (tertiary/aromatic N) is 4. The summed E-state index contributed by atoms with van der Waals surface area (Å²) in [5, 5.41) is 4.76. The molecular formula is C22H26N4O3. The quantitative estimate of drug-likeness (QED) is 0.678. The fourth-order valence-corrected chi connectivity index (χ4v) is 4.05. The van der Waals surface area contributed by atoms with Crippen LogP contribution >= 0.6 is 0 Å². The van der Waals surface area contributed by atoms with Crippen LogP contribution < -0.4 is 0 Å². The van der Waals surface area contributed by atoms with E-state index in [9.17, 15) is 4.79 Å². The molecule has 0 spiro atoms. The van der Waals surface area contributed by atoms with Crippen LogP contribution in [0.2, 0.25) is 0 Å². The molecule has 3 heterocycles. The Morgan fingerprint density at radius 1 is 1.14 bits per heavy atom. The molecule has 1 aliphatic rings. The SMILES string of the molecule is Cc1nc(C)c(C(=O)N2CCOCC2c2c(C)nn(Cc3ccccc3)c2C)o1. The van der Waals surface area contributed by atoms with Gasteiger partial charge in [-0.25, -0.2) is 4.98 Å². The second-order valence-electron chi connectivity index (χ2n) is 7.46. The largest absolute Gasteiger partial charge is 0.436 e. The van der Waals surface area contributed by atoms with E-state index in [0.29, 0.717) is 43.6 Å². The standard InChI is InChI=1S/C22H26N4O3/c1-14-20(16(3)26(24-14)12-18-8-6-5-7-9-18)19-13-28-11-10-25(19)22(27)21-15(2)23-17(4)29-21/h5-9,19H,10-13H2,1-4H3. The summed E-state index contributed by atoms with van der Waals surface area (Å²) in [6.45, 7) is 9.74. The van der Waals surface area contributed by atoms with Crippen molar-refractivity contribution in [2.45, 2.75) is 40.3 Å². The minimum atomic E-state index is -0.203. The zero-order valence-corrected chi connectivity index (χ0v) is 17.3. The van der Waals surface area contributed by atoms with E-state index in [1.807, 2.05) is 34.7 Å². The number of carbonyl (C=O) groups is 1. The number of hydrogen-bond acceptors (Lipinski definition) is 5. The molecule has 1 aromatic carbocycles. The molecule has 1 amide bonds. The van der Waals surface area contributed by atoms with Crippen molar-refractivity contribution in [1.29, 1.82) is 0 Å². The van der Waals surface area contributed by atoms with E-state index in [4.69, 9.17) is 14.3 Å². The van der Waals surface area contributed by atoms with Crippen LogP contribution in [0.5, 0.6) is 0 Å². The molecule has 7 nitrogen and oxygen atoms in total. The first kappa shape index (κ1) is 19.4. The summed E-state index contributed by atoms with van der Waals surface area (Å²) in [6.07, 6.45) is 0. The first-order valence-electron chi connectivity index (χ1n) is 9.86. The maximum absolute atomic E-state index is 13.2. The van der Waals surface area contributed by atoms with E-state index < -0.39 is 0 Å². The van der Waals surface area contributed by atoms with E-state index in [1.54, 1.807) is 13.8 Å². The Bertz CT molecular complexity index is 1020. The van der Waals surface area contributed by atoms with Crippen LogP contribution in [0.4, 0.5) is 0 Å². The van der Waals surface area contributed by atoms with Gasteiger partial charge in [-0.1, -0.05) is 30.3 Å². The van der Waals surface area contributed by atoms with E-state index in [0.717, 1.165) is 17.0 Å². The molecule has 152 valence electrons. The lowest BCUT2D eigenvalue weighted by Crippen LogP contribution is -2.44. The van der Waals surface area contributed by atoms with Crippen molar-refractivity contribution < 1.29 is 13.9 Å². The summed E-state index contributed by atoms with van der Waals surface area (Å²) >= 11 is 0. The van der Waals surface area contributed by atoms with E-state index in [-0.39, 0.29) is 11.9 Å². The number of carbonyl (C=O) groups excluding carboxylic acids is 1. The average molecular weight is 394 g/mol. The maximum atomic E-state index is 13.2. The molecule has 0 aliphatic carbocycles. The van der Waals surface area contributed by atoms with Crippen LogP contribution in [-0.2, 0) is 11.3 Å². The van der Waals surface area contributed by atoms with Gasteiger partial charge >= 0.3 is 0 Å². The molecule has 29 heavy (non-hydrogen) atoms. The number of hydrogen-bond donors (Lipinski definition) is 0. The maximum Gasteiger partial charge on any atom is 0.292 e. The normalized spacial score (nSPS) is 17.0. The molecule has 0 radical (unpaired) electrons. The third-order valence-electron chi connectivity index (χ3n) is 5.43. The van der Waals surface area contributed by atoms with Crippen molar-refractivity contribution in [3.63, 3.8) is 0 Å². The Balaban J connectivity index is 1.67. The van der Waals surface area contributed by atoms with Crippen molar-refractivity contribution in [1.82, 2.24) is 19.7 Å². The first-order valence-corrected chi connectivity index (χ1v) is 9.86. The van der Waals surface area contributed by atoms with Gasteiger partial charge in [-0.2, -0.15) is 5.10 Å². The Morgan fingerprint density at radius 2 is 1.90 bits per heavy atom. The predicted molar refractivity (Wildman–Crippen MR) is 108 cm³/mol. The summed E-state index contributed by atoms with van der Waals surface area (Å²) < 4.78 is 13.3. The van der Waals surface area contributed by atoms with Gasteiger partial charge < -0.3 is 14.1 Å². The molecule has 3 aromatic rings. The number of aryl methyl sites for hydroxylation is 3. The summed E-state index contributed by atoms with van der Waals surface area (Å²) in [5.41, 5.74) is 4.81. The summed E-state index contributed by atoms with van der Waals surface area (Å²) in [7, 11) is 0. The lowest BCUT2D eigenvalue weighted by atomic mass is 10.0. The van der Waals surface area contributed by atoms with Crippen LogP contribution in [0.15, 0.2) is 34.7 Å². The molecule has 7 heteroatoms. The highest BCUT2D eigenvalue weighted by Gasteiger charge is 2.35. The van der Waals surface area contributed by atoms with Crippen molar-refractivity contribution in [2.24, 2.45) is 0 Å². The van der Waals surface area contributed by atoms with Gasteiger partial charge in [0.1, 0.15) is 0 Å². The number of rotatable bonds is 4. The fraction of sp³-hybridized carbons (Fsp3) is 0.409. The molecule has 0 saturated carbocycles. The Kier molecular flexibility index (Phi) is 5.24. The van der Waals surface area contributed by atoms with Crippen molar-refractivity contribution >= 4 is 5.91 Å². The van der Waals surface area contributed by atoms with Gasteiger partial charge in [-0.15, -0.1) is 0 Å². The van der Waals surface area contributed by atoms with E-state index in [1.165, 1.54) is 5.56 Å². The lowest BCUT2D eigenvalue weighted by molar-refractivity contribution is -0.00471. The highest BCUT2D eigenvalue weighted by molar-refractivity contribution is 5.93. The monoisotopic (exact) mass is 394 g/mol. The molecule has 0 N–H and O–H groups in total. The van der Waals surface area contributed by atoms with E-state index in [2.05, 4.69) is 24.0 Å². The third kappa shape index (κ3) is 3.70. The van der Waals surface area contributed by atoms with Gasteiger partial charge in [-0.3, -0.25) is 9.48 Å². The van der Waals surface area contributed by atoms with Crippen molar-refractivity contribution in [3.05, 3.63) is 70.2 Å². The molecule has 1 atom stereocenters. The molecule has 1 aliphatic heterocycles. The van der Waals surface area contributed by atoms with Crippen LogP contribution in [0.3, 0.4) is 0 Å². The van der Waals surface area contributed by atoms with Gasteiger partial charge in [0.25, 0.3) is 5.91 Å². The number of benzene rings is 1. The van der Waals surface area contributed by atoms with Gasteiger partial charge in [0.15, 0.2) is 5.89 Å². The smallest absolute Gasteiger partial charge is 0.292 e. The topological polar surface area (TPSA) is 73.4 Å². The van der Waals surface area contributed by atoms with Crippen molar-refractivity contribution in [2.75, 3.05) is 19.8 Å². The highest BCUT2D eigenvalue weighted by Crippen LogP contribution is 2.31. The van der Waals surface area contributed by atoms with Gasteiger partial charge in [0.2, 0.25) is 5.76 Å². The fourth-order valence-electron chi connectivity index (χ4n) is 4.05. The molecule has 2 aromatic heterocycles. The molecule has 4 rings (SSSR count). The zero-order valence-electron chi connectivity index (χ0n) is 17.3. The molecule has 1 fully saturated rings. The van der Waals surface area contributed by atoms with Crippen LogP contribution in [-0.4, -0.2) is 45.3 Å².